The number of piperazine rings is 1. The Hall–Kier alpha value is -0.500. The lowest BCUT2D eigenvalue weighted by Gasteiger charge is -2.34. The first-order valence-corrected chi connectivity index (χ1v) is 8.22. The van der Waals surface area contributed by atoms with Crippen LogP contribution in [0.2, 0.25) is 0 Å². The van der Waals surface area contributed by atoms with Crippen LogP contribution in [0.5, 0.6) is 0 Å². The fourth-order valence-corrected chi connectivity index (χ4v) is 3.56. The van der Waals surface area contributed by atoms with Gasteiger partial charge in [0, 0.05) is 41.7 Å². The van der Waals surface area contributed by atoms with Gasteiger partial charge in [0.05, 0.1) is 10.6 Å². The molecule has 7 heteroatoms. The SMILES string of the molecule is NC(=S)CN1CCN(C(=O)c2ccc(Br)cc2Br)CC1. The molecule has 0 saturated carbocycles. The summed E-state index contributed by atoms with van der Waals surface area (Å²) in [6.45, 7) is 3.63. The van der Waals surface area contributed by atoms with Crippen molar-refractivity contribution in [2.45, 2.75) is 0 Å². The average molecular weight is 421 g/mol. The van der Waals surface area contributed by atoms with Crippen molar-refractivity contribution in [3.8, 4) is 0 Å². The Bertz CT molecular complexity index is 530. The number of nitrogens with two attached hydrogens (primary N) is 1. The van der Waals surface area contributed by atoms with Crippen molar-refractivity contribution in [1.82, 2.24) is 9.80 Å². The molecule has 0 spiro atoms. The van der Waals surface area contributed by atoms with Gasteiger partial charge in [-0.2, -0.15) is 0 Å². The highest BCUT2D eigenvalue weighted by Gasteiger charge is 2.23. The summed E-state index contributed by atoms with van der Waals surface area (Å²) in [7, 11) is 0. The number of amides is 1. The van der Waals surface area contributed by atoms with E-state index >= 15 is 0 Å². The molecule has 1 aliphatic heterocycles. The van der Waals surface area contributed by atoms with Crippen LogP contribution < -0.4 is 5.73 Å². The number of benzene rings is 1. The number of hydrogen-bond donors (Lipinski definition) is 1. The Morgan fingerprint density at radius 1 is 1.25 bits per heavy atom. The summed E-state index contributed by atoms with van der Waals surface area (Å²) in [5.41, 5.74) is 6.23. The summed E-state index contributed by atoms with van der Waals surface area (Å²) in [4.78, 5) is 17.0. The summed E-state index contributed by atoms with van der Waals surface area (Å²) >= 11 is 11.7. The molecule has 4 nitrogen and oxygen atoms in total. The Morgan fingerprint density at radius 2 is 1.90 bits per heavy atom. The third-order valence-corrected chi connectivity index (χ3v) is 4.48. The molecule has 20 heavy (non-hydrogen) atoms. The van der Waals surface area contributed by atoms with E-state index in [-0.39, 0.29) is 5.91 Å². The van der Waals surface area contributed by atoms with Gasteiger partial charge >= 0.3 is 0 Å². The van der Waals surface area contributed by atoms with Crippen LogP contribution >= 0.6 is 44.1 Å². The van der Waals surface area contributed by atoms with Gasteiger partial charge in [-0.3, -0.25) is 9.69 Å². The second kappa shape index (κ2) is 6.98. The smallest absolute Gasteiger partial charge is 0.255 e. The van der Waals surface area contributed by atoms with Crippen LogP contribution in [-0.2, 0) is 0 Å². The highest BCUT2D eigenvalue weighted by molar-refractivity contribution is 9.11. The minimum Gasteiger partial charge on any atom is -0.392 e. The van der Waals surface area contributed by atoms with E-state index in [4.69, 9.17) is 18.0 Å². The van der Waals surface area contributed by atoms with Crippen molar-refractivity contribution in [2.75, 3.05) is 32.7 Å². The zero-order chi connectivity index (χ0) is 14.7. The van der Waals surface area contributed by atoms with Gasteiger partial charge in [0.25, 0.3) is 5.91 Å². The lowest BCUT2D eigenvalue weighted by molar-refractivity contribution is 0.0653. The van der Waals surface area contributed by atoms with Crippen LogP contribution in [0.15, 0.2) is 27.1 Å². The van der Waals surface area contributed by atoms with Gasteiger partial charge < -0.3 is 10.6 Å². The number of hydrogen-bond acceptors (Lipinski definition) is 3. The van der Waals surface area contributed by atoms with Gasteiger partial charge in [-0.05, 0) is 34.1 Å². The molecule has 2 rings (SSSR count). The Morgan fingerprint density at radius 3 is 2.45 bits per heavy atom. The third-order valence-electron chi connectivity index (χ3n) is 3.20. The molecular weight excluding hydrogens is 406 g/mol. The van der Waals surface area contributed by atoms with Crippen LogP contribution in [0.1, 0.15) is 10.4 Å². The molecule has 1 aliphatic rings. The quantitative estimate of drug-likeness (QED) is 0.762. The van der Waals surface area contributed by atoms with Crippen molar-refractivity contribution in [1.29, 1.82) is 0 Å². The first-order valence-electron chi connectivity index (χ1n) is 6.22. The molecule has 0 aromatic heterocycles. The minimum absolute atomic E-state index is 0.0550. The molecule has 1 fully saturated rings. The lowest BCUT2D eigenvalue weighted by Crippen LogP contribution is -2.50. The Labute approximate surface area is 140 Å². The molecule has 1 aromatic carbocycles. The Balaban J connectivity index is 1.99. The van der Waals surface area contributed by atoms with Gasteiger partial charge in [-0.1, -0.05) is 28.1 Å². The third kappa shape index (κ3) is 4.00. The van der Waals surface area contributed by atoms with Crippen LogP contribution in [0.4, 0.5) is 0 Å². The molecular formula is C13H15Br2N3OS. The van der Waals surface area contributed by atoms with Crippen LogP contribution in [0, 0.1) is 0 Å². The molecule has 1 saturated heterocycles. The second-order valence-electron chi connectivity index (χ2n) is 4.66. The largest absolute Gasteiger partial charge is 0.392 e. The van der Waals surface area contributed by atoms with E-state index in [2.05, 4.69) is 36.8 Å². The van der Waals surface area contributed by atoms with Gasteiger partial charge in [0.1, 0.15) is 0 Å². The van der Waals surface area contributed by atoms with E-state index < -0.39 is 0 Å². The molecule has 0 atom stereocenters. The number of carbonyl (C=O) groups excluding carboxylic acids is 1. The maximum absolute atomic E-state index is 12.5. The topological polar surface area (TPSA) is 49.6 Å². The number of nitrogens with zero attached hydrogens (tertiary/aromatic N) is 2. The predicted octanol–water partition coefficient (Wildman–Crippen LogP) is 2.26. The average Bonchev–Trinajstić information content (AvgIpc) is 2.38. The molecule has 1 amide bonds. The van der Waals surface area contributed by atoms with Crippen molar-refractivity contribution in [2.24, 2.45) is 5.73 Å². The molecule has 1 heterocycles. The van der Waals surface area contributed by atoms with Crippen molar-refractivity contribution >= 4 is 55.0 Å². The van der Waals surface area contributed by atoms with Crippen LogP contribution in [-0.4, -0.2) is 53.4 Å². The molecule has 1 aromatic rings. The molecule has 0 bridgehead atoms. The maximum Gasteiger partial charge on any atom is 0.255 e. The number of halogens is 2. The molecule has 0 aliphatic carbocycles. The predicted molar refractivity (Wildman–Crippen MR) is 91.0 cm³/mol. The number of thiocarbonyl (C=S) groups is 1. The summed E-state index contributed by atoms with van der Waals surface area (Å²) in [6, 6.07) is 5.59. The number of rotatable bonds is 3. The monoisotopic (exact) mass is 419 g/mol. The standard InChI is InChI=1S/C13H15Br2N3OS/c14-9-1-2-10(11(15)7-9)13(19)18-5-3-17(4-6-18)8-12(16)20/h1-2,7H,3-6,8H2,(H2,16,20). The van der Waals surface area contributed by atoms with Gasteiger partial charge in [0.2, 0.25) is 0 Å². The van der Waals surface area contributed by atoms with E-state index in [0.29, 0.717) is 30.2 Å². The van der Waals surface area contributed by atoms with Crippen molar-refractivity contribution in [3.63, 3.8) is 0 Å². The number of carbonyl (C=O) groups is 1. The second-order valence-corrected chi connectivity index (χ2v) is 6.95. The van der Waals surface area contributed by atoms with E-state index in [1.165, 1.54) is 0 Å². The minimum atomic E-state index is 0.0550. The van der Waals surface area contributed by atoms with Crippen molar-refractivity contribution in [3.05, 3.63) is 32.7 Å². The summed E-state index contributed by atoms with van der Waals surface area (Å²) in [5, 5.41) is 0. The van der Waals surface area contributed by atoms with E-state index in [9.17, 15) is 4.79 Å². The fraction of sp³-hybridized carbons (Fsp3) is 0.385. The summed E-state index contributed by atoms with van der Waals surface area (Å²) in [5.74, 6) is 0.0550. The molecule has 108 valence electrons. The normalized spacial score (nSPS) is 16.2. The maximum atomic E-state index is 12.5. The highest BCUT2D eigenvalue weighted by atomic mass is 79.9. The van der Waals surface area contributed by atoms with E-state index in [0.717, 1.165) is 22.0 Å². The highest BCUT2D eigenvalue weighted by Crippen LogP contribution is 2.23. The molecule has 2 N–H and O–H groups in total. The van der Waals surface area contributed by atoms with Crippen molar-refractivity contribution < 1.29 is 4.79 Å². The van der Waals surface area contributed by atoms with Crippen LogP contribution in [0.25, 0.3) is 0 Å². The Kier molecular flexibility index (Phi) is 5.54. The first kappa shape index (κ1) is 15.9. The zero-order valence-corrected chi connectivity index (χ0v) is 14.8. The van der Waals surface area contributed by atoms with Gasteiger partial charge in [-0.25, -0.2) is 0 Å². The molecule has 0 radical (unpaired) electrons. The summed E-state index contributed by atoms with van der Waals surface area (Å²) in [6.07, 6.45) is 0. The molecule has 0 unspecified atom stereocenters. The van der Waals surface area contributed by atoms with Crippen LogP contribution in [0.3, 0.4) is 0 Å². The lowest BCUT2D eigenvalue weighted by atomic mass is 10.2. The first-order chi connectivity index (χ1) is 9.47. The zero-order valence-electron chi connectivity index (χ0n) is 10.8. The van der Waals surface area contributed by atoms with Gasteiger partial charge in [0.15, 0.2) is 0 Å². The van der Waals surface area contributed by atoms with Gasteiger partial charge in [-0.15, -0.1) is 0 Å². The fourth-order valence-electron chi connectivity index (χ4n) is 2.16. The summed E-state index contributed by atoms with van der Waals surface area (Å²) < 4.78 is 1.75. The van der Waals surface area contributed by atoms with E-state index in [1.807, 2.05) is 23.1 Å². The van der Waals surface area contributed by atoms with E-state index in [1.54, 1.807) is 0 Å².